The zero-order chi connectivity index (χ0) is 10.8. The molecule has 74 valence electrons. The van der Waals surface area contributed by atoms with Crippen LogP contribution < -0.4 is 0 Å². The molecule has 0 aliphatic heterocycles. The van der Waals surface area contributed by atoms with Gasteiger partial charge in [0.1, 0.15) is 0 Å². The highest BCUT2D eigenvalue weighted by molar-refractivity contribution is 6.42. The summed E-state index contributed by atoms with van der Waals surface area (Å²) in [5.41, 5.74) is 0.178. The first-order valence-electron chi connectivity index (χ1n) is 3.43. The lowest BCUT2D eigenvalue weighted by atomic mass is 10.2. The summed E-state index contributed by atoms with van der Waals surface area (Å²) in [6.07, 6.45) is -4.49. The molecule has 1 aromatic rings. The molecule has 0 spiro atoms. The van der Waals surface area contributed by atoms with Gasteiger partial charge in [0.15, 0.2) is 0 Å². The van der Waals surface area contributed by atoms with E-state index >= 15 is 0 Å². The molecule has 1 aromatic carbocycles. The maximum absolute atomic E-state index is 11.7. The van der Waals surface area contributed by atoms with Gasteiger partial charge >= 0.3 is 6.18 Å². The zero-order valence-corrected chi connectivity index (χ0v) is 8.13. The maximum atomic E-state index is 11.7. The predicted octanol–water partition coefficient (Wildman–Crippen LogP) is 3.91. The van der Waals surface area contributed by atoms with Gasteiger partial charge < -0.3 is 0 Å². The molecule has 1 rings (SSSR count). The van der Waals surface area contributed by atoms with E-state index in [9.17, 15) is 13.2 Å². The van der Waals surface area contributed by atoms with Gasteiger partial charge in [-0.3, -0.25) is 0 Å². The summed E-state index contributed by atoms with van der Waals surface area (Å²) in [7, 11) is 0. The van der Waals surface area contributed by atoms with Crippen molar-refractivity contribution in [3.05, 3.63) is 33.8 Å². The van der Waals surface area contributed by atoms with E-state index in [1.54, 1.807) is 0 Å². The molecule has 0 N–H and O–H groups in total. The number of alkyl halides is 3. The monoisotopic (exact) mass is 238 g/mol. The summed E-state index contributed by atoms with van der Waals surface area (Å²) in [4.78, 5) is 0. The van der Waals surface area contributed by atoms with Crippen molar-refractivity contribution in [1.29, 1.82) is 0 Å². The standard InChI is InChI=1S/C9H3Cl2F3/c10-7-2-1-6(5-8(7)11)3-4-9(12,13)14/h1-2,5H. The minimum absolute atomic E-state index is 0.178. The molecule has 5 heteroatoms. The first-order chi connectivity index (χ1) is 6.38. The molecular formula is C9H3Cl2F3. The average molecular weight is 239 g/mol. The molecule has 0 aliphatic rings. The van der Waals surface area contributed by atoms with E-state index in [1.165, 1.54) is 18.2 Å². The molecule has 0 heterocycles. The normalized spacial score (nSPS) is 10.6. The van der Waals surface area contributed by atoms with Crippen molar-refractivity contribution in [3.8, 4) is 11.8 Å². The third kappa shape index (κ3) is 3.49. The lowest BCUT2D eigenvalue weighted by molar-refractivity contribution is -0.0696. The van der Waals surface area contributed by atoms with E-state index in [1.807, 2.05) is 5.92 Å². The lowest BCUT2D eigenvalue weighted by Crippen LogP contribution is -2.01. The van der Waals surface area contributed by atoms with Gasteiger partial charge in [0.25, 0.3) is 0 Å². The van der Waals surface area contributed by atoms with Gasteiger partial charge in [-0.1, -0.05) is 29.1 Å². The summed E-state index contributed by atoms with van der Waals surface area (Å²) in [6, 6.07) is 4.04. The minimum atomic E-state index is -4.49. The van der Waals surface area contributed by atoms with Gasteiger partial charge in [0.2, 0.25) is 0 Å². The molecule has 0 saturated carbocycles. The summed E-state index contributed by atoms with van der Waals surface area (Å²) >= 11 is 11.2. The van der Waals surface area contributed by atoms with Crippen molar-refractivity contribution in [3.63, 3.8) is 0 Å². The van der Waals surface area contributed by atoms with Crippen molar-refractivity contribution in [2.24, 2.45) is 0 Å². The number of hydrogen-bond acceptors (Lipinski definition) is 0. The zero-order valence-electron chi connectivity index (χ0n) is 6.62. The van der Waals surface area contributed by atoms with Crippen molar-refractivity contribution in [2.75, 3.05) is 0 Å². The van der Waals surface area contributed by atoms with Crippen molar-refractivity contribution < 1.29 is 13.2 Å². The number of halogens is 5. The Labute approximate surface area is 88.6 Å². The Morgan fingerprint density at radius 1 is 1.07 bits per heavy atom. The van der Waals surface area contributed by atoms with Crippen LogP contribution >= 0.6 is 23.2 Å². The predicted molar refractivity (Wildman–Crippen MR) is 49.4 cm³/mol. The number of hydrogen-bond donors (Lipinski definition) is 0. The van der Waals surface area contributed by atoms with Crippen LogP contribution in [0.2, 0.25) is 10.0 Å². The Morgan fingerprint density at radius 3 is 2.21 bits per heavy atom. The van der Waals surface area contributed by atoms with Crippen molar-refractivity contribution in [1.82, 2.24) is 0 Å². The van der Waals surface area contributed by atoms with Crippen LogP contribution in [-0.2, 0) is 0 Å². The Balaban J connectivity index is 2.98. The molecule has 14 heavy (non-hydrogen) atoms. The highest BCUT2D eigenvalue weighted by Crippen LogP contribution is 2.22. The third-order valence-corrected chi connectivity index (χ3v) is 2.01. The molecule has 0 nitrogen and oxygen atoms in total. The average Bonchev–Trinajstić information content (AvgIpc) is 2.06. The molecule has 0 saturated heterocycles. The van der Waals surface area contributed by atoms with Crippen LogP contribution in [-0.4, -0.2) is 6.18 Å². The molecule has 0 aliphatic carbocycles. The topological polar surface area (TPSA) is 0 Å². The highest BCUT2D eigenvalue weighted by Gasteiger charge is 2.22. The van der Waals surface area contributed by atoms with Crippen molar-refractivity contribution >= 4 is 23.2 Å². The van der Waals surface area contributed by atoms with Crippen LogP contribution in [0, 0.1) is 11.8 Å². The first-order valence-corrected chi connectivity index (χ1v) is 4.19. The molecule has 0 atom stereocenters. The quantitative estimate of drug-likeness (QED) is 0.602. The lowest BCUT2D eigenvalue weighted by Gasteiger charge is -1.96. The molecule has 0 fully saturated rings. The van der Waals surface area contributed by atoms with Gasteiger partial charge in [-0.2, -0.15) is 13.2 Å². The summed E-state index contributed by atoms with van der Waals surface area (Å²) in [6.45, 7) is 0. The fraction of sp³-hybridized carbons (Fsp3) is 0.111. The molecule has 0 amide bonds. The van der Waals surface area contributed by atoms with Crippen LogP contribution in [0.5, 0.6) is 0 Å². The van der Waals surface area contributed by atoms with Gasteiger partial charge in [0, 0.05) is 11.5 Å². The third-order valence-electron chi connectivity index (χ3n) is 1.27. The smallest absolute Gasteiger partial charge is 0.159 e. The van der Waals surface area contributed by atoms with Crippen LogP contribution in [0.3, 0.4) is 0 Å². The molecule has 0 aromatic heterocycles. The number of rotatable bonds is 0. The fourth-order valence-electron chi connectivity index (χ4n) is 0.717. The molecule has 0 unspecified atom stereocenters. The van der Waals surface area contributed by atoms with Gasteiger partial charge in [-0.05, 0) is 18.2 Å². The second-order valence-corrected chi connectivity index (χ2v) is 3.19. The van der Waals surface area contributed by atoms with Crippen LogP contribution in [0.4, 0.5) is 13.2 Å². The Morgan fingerprint density at radius 2 is 1.71 bits per heavy atom. The fourth-order valence-corrected chi connectivity index (χ4v) is 1.02. The maximum Gasteiger partial charge on any atom is 0.458 e. The van der Waals surface area contributed by atoms with E-state index in [0.29, 0.717) is 0 Å². The molecular weight excluding hydrogens is 236 g/mol. The number of benzene rings is 1. The summed E-state index contributed by atoms with van der Waals surface area (Å²) in [5, 5.41) is 0.463. The summed E-state index contributed by atoms with van der Waals surface area (Å²) < 4.78 is 35.1. The Kier molecular flexibility index (Phi) is 3.30. The van der Waals surface area contributed by atoms with E-state index in [0.717, 1.165) is 5.92 Å². The molecule has 0 bridgehead atoms. The Hall–Kier alpha value is -0.850. The van der Waals surface area contributed by atoms with Gasteiger partial charge in [-0.15, -0.1) is 0 Å². The largest absolute Gasteiger partial charge is 0.458 e. The van der Waals surface area contributed by atoms with E-state index in [4.69, 9.17) is 23.2 Å². The highest BCUT2D eigenvalue weighted by atomic mass is 35.5. The van der Waals surface area contributed by atoms with Crippen LogP contribution in [0.1, 0.15) is 5.56 Å². The summed E-state index contributed by atoms with van der Waals surface area (Å²) in [5.74, 6) is 3.07. The van der Waals surface area contributed by atoms with Crippen molar-refractivity contribution in [2.45, 2.75) is 6.18 Å². The minimum Gasteiger partial charge on any atom is -0.159 e. The second-order valence-electron chi connectivity index (χ2n) is 2.38. The van der Waals surface area contributed by atoms with Gasteiger partial charge in [0.05, 0.1) is 10.0 Å². The van der Waals surface area contributed by atoms with Crippen LogP contribution in [0.25, 0.3) is 0 Å². The first kappa shape index (κ1) is 11.2. The van der Waals surface area contributed by atoms with Crippen LogP contribution in [0.15, 0.2) is 18.2 Å². The second kappa shape index (κ2) is 4.12. The van der Waals surface area contributed by atoms with Gasteiger partial charge in [-0.25, -0.2) is 0 Å². The SMILES string of the molecule is FC(F)(F)C#Cc1ccc(Cl)c(Cl)c1. The van der Waals surface area contributed by atoms with E-state index in [2.05, 4.69) is 0 Å². The Bertz CT molecular complexity index is 399. The van der Waals surface area contributed by atoms with E-state index < -0.39 is 6.18 Å². The van der Waals surface area contributed by atoms with E-state index in [-0.39, 0.29) is 15.6 Å². The molecule has 0 radical (unpaired) electrons.